The van der Waals surface area contributed by atoms with Gasteiger partial charge in [0.2, 0.25) is 0 Å². The maximum Gasteiger partial charge on any atom is 0.0574 e. The molecule has 2 nitrogen and oxygen atoms in total. The van der Waals surface area contributed by atoms with Gasteiger partial charge in [0.25, 0.3) is 0 Å². The Morgan fingerprint density at radius 3 is 2.08 bits per heavy atom. The summed E-state index contributed by atoms with van der Waals surface area (Å²) in [6.07, 6.45) is 0. The van der Waals surface area contributed by atoms with Crippen LogP contribution >= 0.6 is 0 Å². The third kappa shape index (κ3) is 1.59. The Kier molecular flexibility index (Phi) is 2.71. The van der Waals surface area contributed by atoms with E-state index in [0.717, 1.165) is 0 Å². The highest BCUT2D eigenvalue weighted by Gasteiger charge is 2.04. The van der Waals surface area contributed by atoms with E-state index in [4.69, 9.17) is 0 Å². The standard InChI is InChI=1S/C10H16N2/c1-8-6-5-7-9(2)10(8)12(4)11-3/h5-7,11H,1-4H3. The fourth-order valence-electron chi connectivity index (χ4n) is 1.45. The Labute approximate surface area is 74.2 Å². The zero-order valence-electron chi connectivity index (χ0n) is 8.18. The molecule has 0 fully saturated rings. The molecule has 0 saturated carbocycles. The third-order valence-corrected chi connectivity index (χ3v) is 2.11. The summed E-state index contributed by atoms with van der Waals surface area (Å²) in [4.78, 5) is 0. The van der Waals surface area contributed by atoms with Crippen LogP contribution in [0.3, 0.4) is 0 Å². The molecule has 0 radical (unpaired) electrons. The number of para-hydroxylation sites is 1. The third-order valence-electron chi connectivity index (χ3n) is 2.11. The fraction of sp³-hybridized carbons (Fsp3) is 0.400. The molecule has 0 aromatic heterocycles. The van der Waals surface area contributed by atoms with Crippen molar-refractivity contribution in [3.8, 4) is 0 Å². The Balaban J connectivity index is 3.12. The van der Waals surface area contributed by atoms with Gasteiger partial charge in [0.05, 0.1) is 5.69 Å². The molecule has 0 aliphatic heterocycles. The lowest BCUT2D eigenvalue weighted by atomic mass is 10.1. The minimum absolute atomic E-state index is 1.26. The predicted molar refractivity (Wildman–Crippen MR) is 53.4 cm³/mol. The number of rotatable bonds is 2. The lowest BCUT2D eigenvalue weighted by Crippen LogP contribution is -2.31. The lowest BCUT2D eigenvalue weighted by molar-refractivity contribution is 0.785. The second kappa shape index (κ2) is 3.59. The summed E-state index contributed by atoms with van der Waals surface area (Å²) in [5, 5.41) is 2.03. The van der Waals surface area contributed by atoms with Crippen LogP contribution in [0.1, 0.15) is 11.1 Å². The van der Waals surface area contributed by atoms with Crippen molar-refractivity contribution in [3.05, 3.63) is 29.3 Å². The van der Waals surface area contributed by atoms with Crippen molar-refractivity contribution >= 4 is 5.69 Å². The molecule has 1 N–H and O–H groups in total. The first-order valence-electron chi connectivity index (χ1n) is 4.14. The molecule has 2 heteroatoms. The molecule has 1 aromatic rings. The van der Waals surface area contributed by atoms with Gasteiger partial charge in [-0.25, -0.2) is 5.43 Å². The molecular formula is C10H16N2. The molecule has 0 bridgehead atoms. The van der Waals surface area contributed by atoms with Crippen LogP contribution in [-0.4, -0.2) is 14.1 Å². The zero-order chi connectivity index (χ0) is 9.14. The van der Waals surface area contributed by atoms with E-state index in [1.54, 1.807) is 0 Å². The Morgan fingerprint density at radius 2 is 1.67 bits per heavy atom. The van der Waals surface area contributed by atoms with E-state index in [-0.39, 0.29) is 0 Å². The molecule has 0 spiro atoms. The molecule has 1 aromatic carbocycles. The summed E-state index contributed by atoms with van der Waals surface area (Å²) >= 11 is 0. The van der Waals surface area contributed by atoms with E-state index in [9.17, 15) is 0 Å². The maximum absolute atomic E-state index is 3.10. The Morgan fingerprint density at radius 1 is 1.17 bits per heavy atom. The van der Waals surface area contributed by atoms with Gasteiger partial charge in [-0.3, -0.25) is 0 Å². The number of nitrogens with one attached hydrogen (secondary N) is 1. The molecule has 0 aliphatic carbocycles. The summed E-state index contributed by atoms with van der Waals surface area (Å²) in [6.45, 7) is 4.24. The minimum Gasteiger partial charge on any atom is -0.311 e. The van der Waals surface area contributed by atoms with Crippen molar-refractivity contribution in [1.29, 1.82) is 0 Å². The smallest absolute Gasteiger partial charge is 0.0574 e. The van der Waals surface area contributed by atoms with Gasteiger partial charge in [-0.1, -0.05) is 18.2 Å². The maximum atomic E-state index is 3.10. The fourth-order valence-corrected chi connectivity index (χ4v) is 1.45. The quantitative estimate of drug-likeness (QED) is 0.671. The monoisotopic (exact) mass is 164 g/mol. The van der Waals surface area contributed by atoms with Gasteiger partial charge in [-0.15, -0.1) is 0 Å². The van der Waals surface area contributed by atoms with Crippen LogP contribution < -0.4 is 10.4 Å². The van der Waals surface area contributed by atoms with Gasteiger partial charge >= 0.3 is 0 Å². The molecule has 0 unspecified atom stereocenters. The van der Waals surface area contributed by atoms with E-state index in [2.05, 4.69) is 37.5 Å². The number of nitrogens with zero attached hydrogens (tertiary/aromatic N) is 1. The van der Waals surface area contributed by atoms with Crippen molar-refractivity contribution in [2.75, 3.05) is 19.1 Å². The molecule has 0 atom stereocenters. The van der Waals surface area contributed by atoms with Crippen LogP contribution in [0.4, 0.5) is 5.69 Å². The topological polar surface area (TPSA) is 15.3 Å². The SMILES string of the molecule is CNN(C)c1c(C)cccc1C. The first-order chi connectivity index (χ1) is 5.66. The Bertz CT molecular complexity index is 248. The Hall–Kier alpha value is -1.02. The van der Waals surface area contributed by atoms with Gasteiger partial charge in [0.15, 0.2) is 0 Å². The summed E-state index contributed by atoms with van der Waals surface area (Å²) in [5.74, 6) is 0. The van der Waals surface area contributed by atoms with Crippen molar-refractivity contribution in [1.82, 2.24) is 5.43 Å². The first-order valence-corrected chi connectivity index (χ1v) is 4.14. The van der Waals surface area contributed by atoms with Crippen LogP contribution in [0.25, 0.3) is 0 Å². The summed E-state index contributed by atoms with van der Waals surface area (Å²) < 4.78 is 0. The number of hydrogen-bond donors (Lipinski definition) is 1. The molecule has 0 heterocycles. The number of benzene rings is 1. The second-order valence-corrected chi connectivity index (χ2v) is 3.02. The van der Waals surface area contributed by atoms with Crippen LogP contribution in [-0.2, 0) is 0 Å². The van der Waals surface area contributed by atoms with Gasteiger partial charge in [0.1, 0.15) is 0 Å². The number of hydrazine groups is 1. The number of hydrogen-bond acceptors (Lipinski definition) is 2. The average molecular weight is 164 g/mol. The first kappa shape index (κ1) is 9.07. The summed E-state index contributed by atoms with van der Waals surface area (Å²) in [7, 11) is 3.95. The van der Waals surface area contributed by atoms with E-state index >= 15 is 0 Å². The predicted octanol–water partition coefficient (Wildman–Crippen LogP) is 1.87. The second-order valence-electron chi connectivity index (χ2n) is 3.02. The van der Waals surface area contributed by atoms with E-state index in [0.29, 0.717) is 0 Å². The van der Waals surface area contributed by atoms with Crippen LogP contribution in [0.15, 0.2) is 18.2 Å². The van der Waals surface area contributed by atoms with Gasteiger partial charge in [-0.05, 0) is 25.0 Å². The van der Waals surface area contributed by atoms with Crippen molar-refractivity contribution in [2.45, 2.75) is 13.8 Å². The molecule has 0 saturated heterocycles. The van der Waals surface area contributed by atoms with Gasteiger partial charge in [-0.2, -0.15) is 0 Å². The molecule has 0 aliphatic rings. The highest BCUT2D eigenvalue weighted by atomic mass is 15.5. The number of anilines is 1. The largest absolute Gasteiger partial charge is 0.311 e. The molecule has 0 amide bonds. The zero-order valence-corrected chi connectivity index (χ0v) is 8.18. The van der Waals surface area contributed by atoms with E-state index < -0.39 is 0 Å². The van der Waals surface area contributed by atoms with Crippen LogP contribution in [0.5, 0.6) is 0 Å². The van der Waals surface area contributed by atoms with Crippen molar-refractivity contribution in [3.63, 3.8) is 0 Å². The lowest BCUT2D eigenvalue weighted by Gasteiger charge is -2.21. The highest BCUT2D eigenvalue weighted by molar-refractivity contribution is 5.57. The molecule has 12 heavy (non-hydrogen) atoms. The average Bonchev–Trinajstić information content (AvgIpc) is 2.03. The van der Waals surface area contributed by atoms with Gasteiger partial charge < -0.3 is 5.01 Å². The number of aryl methyl sites for hydroxylation is 2. The molecule has 1 rings (SSSR count). The minimum atomic E-state index is 1.26. The van der Waals surface area contributed by atoms with E-state index in [1.807, 2.05) is 19.1 Å². The molecular weight excluding hydrogens is 148 g/mol. The highest BCUT2D eigenvalue weighted by Crippen LogP contribution is 2.21. The van der Waals surface area contributed by atoms with Gasteiger partial charge in [0, 0.05) is 14.1 Å². The normalized spacial score (nSPS) is 10.0. The van der Waals surface area contributed by atoms with Crippen LogP contribution in [0.2, 0.25) is 0 Å². The molecule has 66 valence electrons. The summed E-state index contributed by atoms with van der Waals surface area (Å²) in [6, 6.07) is 6.32. The van der Waals surface area contributed by atoms with Crippen LogP contribution in [0, 0.1) is 13.8 Å². The summed E-state index contributed by atoms with van der Waals surface area (Å²) in [5.41, 5.74) is 6.96. The van der Waals surface area contributed by atoms with E-state index in [1.165, 1.54) is 16.8 Å². The van der Waals surface area contributed by atoms with Crippen molar-refractivity contribution < 1.29 is 0 Å². The van der Waals surface area contributed by atoms with Crippen molar-refractivity contribution in [2.24, 2.45) is 0 Å².